The van der Waals surface area contributed by atoms with Crippen LogP contribution < -0.4 is 0 Å². The number of benzene rings is 2. The highest BCUT2D eigenvalue weighted by Gasteiger charge is 2.18. The molecule has 8 heteroatoms. The van der Waals surface area contributed by atoms with E-state index < -0.39 is 0 Å². The number of aryl methyl sites for hydroxylation is 1. The molecule has 1 aliphatic heterocycles. The van der Waals surface area contributed by atoms with Crippen molar-refractivity contribution >= 4 is 58.8 Å². The van der Waals surface area contributed by atoms with Crippen LogP contribution in [0.5, 0.6) is 0 Å². The van der Waals surface area contributed by atoms with Crippen molar-refractivity contribution in [1.29, 1.82) is 0 Å². The minimum atomic E-state index is 0.748. The van der Waals surface area contributed by atoms with Gasteiger partial charge in [-0.25, -0.2) is 0 Å². The van der Waals surface area contributed by atoms with Crippen LogP contribution in [0.15, 0.2) is 76.3 Å². The maximum Gasteiger partial charge on any atom is 0.197 e. The molecule has 0 saturated carbocycles. The molecule has 3 nitrogen and oxygen atoms in total. The van der Waals surface area contributed by atoms with Gasteiger partial charge in [-0.05, 0) is 67.1 Å². The van der Waals surface area contributed by atoms with Crippen LogP contribution in [0.1, 0.15) is 5.56 Å². The third kappa shape index (κ3) is 4.04. The molecule has 0 saturated heterocycles. The number of nitrogens with zero attached hydrogens (tertiary/aromatic N) is 3. The van der Waals surface area contributed by atoms with Crippen molar-refractivity contribution in [2.75, 3.05) is 12.5 Å². The van der Waals surface area contributed by atoms with Crippen LogP contribution in [-0.2, 0) is 0 Å². The standard InChI is InChI=1S/C18H15N3S5/c1-10-4-6-12-14(8-10)25-13-7-5-11(9-15(13)26-12)24-18-20-16(22-2)19-17(21-18)23-3/h4-9H,1-3H3. The van der Waals surface area contributed by atoms with Crippen molar-refractivity contribution in [1.82, 2.24) is 15.0 Å². The SMILES string of the molecule is CSc1nc(SC)nc(Sc2ccc3c(c2)Sc2ccc(C)cc2S3)n1. The molecule has 0 aliphatic carbocycles. The van der Waals surface area contributed by atoms with Crippen LogP contribution in [0, 0.1) is 6.92 Å². The molecule has 0 unspecified atom stereocenters. The average molecular weight is 434 g/mol. The average Bonchev–Trinajstić information content (AvgIpc) is 2.66. The number of rotatable bonds is 4. The Bertz CT molecular complexity index is 955. The molecule has 132 valence electrons. The van der Waals surface area contributed by atoms with Crippen molar-refractivity contribution in [3.05, 3.63) is 42.0 Å². The van der Waals surface area contributed by atoms with E-state index in [-0.39, 0.29) is 0 Å². The number of hydrogen-bond donors (Lipinski definition) is 0. The van der Waals surface area contributed by atoms with Crippen molar-refractivity contribution in [3.63, 3.8) is 0 Å². The Morgan fingerprint density at radius 2 is 1.27 bits per heavy atom. The predicted molar refractivity (Wildman–Crippen MR) is 113 cm³/mol. The van der Waals surface area contributed by atoms with Crippen LogP contribution in [0.2, 0.25) is 0 Å². The summed E-state index contributed by atoms with van der Waals surface area (Å²) in [5.74, 6) is 0. The summed E-state index contributed by atoms with van der Waals surface area (Å²) in [6, 6.07) is 13.2. The maximum atomic E-state index is 4.53. The van der Waals surface area contributed by atoms with Gasteiger partial charge in [0.25, 0.3) is 0 Å². The summed E-state index contributed by atoms with van der Waals surface area (Å²) >= 11 is 8.36. The largest absolute Gasteiger partial charge is 0.197 e. The van der Waals surface area contributed by atoms with Gasteiger partial charge in [-0.15, -0.1) is 0 Å². The van der Waals surface area contributed by atoms with Gasteiger partial charge in [-0.1, -0.05) is 53.1 Å². The molecule has 0 fully saturated rings. The fourth-order valence-corrected chi connectivity index (χ4v) is 6.47. The van der Waals surface area contributed by atoms with Gasteiger partial charge in [0.2, 0.25) is 0 Å². The van der Waals surface area contributed by atoms with Gasteiger partial charge in [0.05, 0.1) is 0 Å². The van der Waals surface area contributed by atoms with Gasteiger partial charge in [-0.3, -0.25) is 0 Å². The second-order valence-electron chi connectivity index (χ2n) is 5.46. The summed E-state index contributed by atoms with van der Waals surface area (Å²) in [7, 11) is 0. The molecule has 26 heavy (non-hydrogen) atoms. The van der Waals surface area contributed by atoms with Crippen molar-refractivity contribution in [2.45, 2.75) is 46.9 Å². The van der Waals surface area contributed by atoms with Crippen molar-refractivity contribution in [3.8, 4) is 0 Å². The second-order valence-corrected chi connectivity index (χ2v) is 10.2. The van der Waals surface area contributed by atoms with Crippen LogP contribution in [0.25, 0.3) is 0 Å². The third-order valence-corrected chi connectivity index (χ3v) is 8.08. The molecule has 4 rings (SSSR count). The Kier molecular flexibility index (Phi) is 5.75. The predicted octanol–water partition coefficient (Wildman–Crippen LogP) is 6.39. The van der Waals surface area contributed by atoms with E-state index in [0.717, 1.165) is 20.4 Å². The summed E-state index contributed by atoms with van der Waals surface area (Å²) in [6.45, 7) is 2.14. The molecule has 0 spiro atoms. The first-order valence-electron chi connectivity index (χ1n) is 7.77. The first-order valence-corrected chi connectivity index (χ1v) is 12.7. The van der Waals surface area contributed by atoms with Crippen LogP contribution in [0.4, 0.5) is 0 Å². The van der Waals surface area contributed by atoms with Crippen LogP contribution >= 0.6 is 58.8 Å². The highest BCUT2D eigenvalue weighted by Crippen LogP contribution is 2.49. The topological polar surface area (TPSA) is 38.7 Å². The number of hydrogen-bond acceptors (Lipinski definition) is 8. The molecular formula is C18H15N3S5. The van der Waals surface area contributed by atoms with Crippen LogP contribution in [0.3, 0.4) is 0 Å². The molecule has 2 heterocycles. The molecule has 0 atom stereocenters. The van der Waals surface area contributed by atoms with E-state index in [2.05, 4.69) is 58.3 Å². The van der Waals surface area contributed by atoms with E-state index in [4.69, 9.17) is 0 Å². The third-order valence-electron chi connectivity index (χ3n) is 3.60. The van der Waals surface area contributed by atoms with Gasteiger partial charge in [0.1, 0.15) is 0 Å². The Morgan fingerprint density at radius 3 is 1.92 bits per heavy atom. The van der Waals surface area contributed by atoms with E-state index in [0.29, 0.717) is 0 Å². The van der Waals surface area contributed by atoms with Crippen molar-refractivity contribution < 1.29 is 0 Å². The molecule has 1 aromatic heterocycles. The summed E-state index contributed by atoms with van der Waals surface area (Å²) in [5.41, 5.74) is 1.30. The minimum absolute atomic E-state index is 0.748. The van der Waals surface area contributed by atoms with Gasteiger partial charge >= 0.3 is 0 Å². The lowest BCUT2D eigenvalue weighted by Crippen LogP contribution is -1.96. The minimum Gasteiger partial charge on any atom is -0.196 e. The normalized spacial score (nSPS) is 12.6. The summed E-state index contributed by atoms with van der Waals surface area (Å²) < 4.78 is 0. The van der Waals surface area contributed by atoms with Gasteiger partial charge in [0, 0.05) is 24.5 Å². The van der Waals surface area contributed by atoms with E-state index in [1.165, 1.54) is 25.1 Å². The van der Waals surface area contributed by atoms with Crippen molar-refractivity contribution in [2.24, 2.45) is 0 Å². The van der Waals surface area contributed by atoms with E-state index in [9.17, 15) is 0 Å². The zero-order valence-corrected chi connectivity index (χ0v) is 18.4. The first-order chi connectivity index (χ1) is 12.6. The molecule has 0 bridgehead atoms. The smallest absolute Gasteiger partial charge is 0.196 e. The molecule has 0 N–H and O–H groups in total. The molecule has 1 aliphatic rings. The van der Waals surface area contributed by atoms with E-state index in [1.54, 1.807) is 35.3 Å². The summed E-state index contributed by atoms with van der Waals surface area (Å²) in [5, 5.41) is 2.27. The van der Waals surface area contributed by atoms with Gasteiger partial charge in [-0.2, -0.15) is 15.0 Å². The fraction of sp³-hybridized carbons (Fsp3) is 0.167. The Labute approximate surface area is 174 Å². The van der Waals surface area contributed by atoms with E-state index >= 15 is 0 Å². The van der Waals surface area contributed by atoms with Crippen LogP contribution in [-0.4, -0.2) is 27.5 Å². The molecular weight excluding hydrogens is 419 g/mol. The van der Waals surface area contributed by atoms with E-state index in [1.807, 2.05) is 36.0 Å². The lowest BCUT2D eigenvalue weighted by molar-refractivity contribution is 0.719. The maximum absolute atomic E-state index is 4.53. The highest BCUT2D eigenvalue weighted by molar-refractivity contribution is 8.05. The van der Waals surface area contributed by atoms with Gasteiger partial charge in [0.15, 0.2) is 15.5 Å². The molecule has 2 aromatic carbocycles. The fourth-order valence-electron chi connectivity index (χ4n) is 2.39. The van der Waals surface area contributed by atoms with Gasteiger partial charge < -0.3 is 0 Å². The molecule has 0 amide bonds. The Hall–Kier alpha value is -0.800. The number of aromatic nitrogens is 3. The number of fused-ring (bicyclic) bond motifs is 2. The quantitative estimate of drug-likeness (QED) is 0.343. The Balaban J connectivity index is 1.61. The monoisotopic (exact) mass is 433 g/mol. The second kappa shape index (κ2) is 8.06. The zero-order valence-electron chi connectivity index (χ0n) is 14.3. The molecule has 0 radical (unpaired) electrons. The lowest BCUT2D eigenvalue weighted by atomic mass is 10.2. The number of thioether (sulfide) groups is 2. The summed E-state index contributed by atoms with van der Waals surface area (Å²) in [6.07, 6.45) is 3.97. The summed E-state index contributed by atoms with van der Waals surface area (Å²) in [4.78, 5) is 19.9. The first kappa shape index (κ1) is 18.6. The Morgan fingerprint density at radius 1 is 0.692 bits per heavy atom. The zero-order chi connectivity index (χ0) is 18.1. The highest BCUT2D eigenvalue weighted by atomic mass is 32.2. The molecule has 3 aromatic rings. The lowest BCUT2D eigenvalue weighted by Gasteiger charge is -2.19.